The Hall–Kier alpha value is -1.46. The molecule has 2 aromatic rings. The second kappa shape index (κ2) is 7.21. The Morgan fingerprint density at radius 3 is 2.11 bits per heavy atom. The van der Waals surface area contributed by atoms with Crippen LogP contribution in [0.25, 0.3) is 0 Å². The van der Waals surface area contributed by atoms with E-state index in [1.54, 1.807) is 37.4 Å². The van der Waals surface area contributed by atoms with Crippen LogP contribution in [0.15, 0.2) is 59.8 Å². The minimum absolute atomic E-state index is 0.695. The van der Waals surface area contributed by atoms with Gasteiger partial charge in [0, 0.05) is 6.20 Å². The highest BCUT2D eigenvalue weighted by Crippen LogP contribution is 2.27. The Kier molecular flexibility index (Phi) is 5.92. The first-order valence-corrected chi connectivity index (χ1v) is 6.45. The van der Waals surface area contributed by atoms with Gasteiger partial charge in [-0.25, -0.2) is 0 Å². The Bertz CT molecular complexity index is 515. The second-order valence-electron chi connectivity index (χ2n) is 3.93. The number of nitrogens with zero attached hydrogens (tertiary/aromatic N) is 1. The molecule has 1 heterocycles. The summed E-state index contributed by atoms with van der Waals surface area (Å²) in [5, 5.41) is 9.58. The third-order valence-electron chi connectivity index (χ3n) is 2.40. The highest BCUT2D eigenvalue weighted by Gasteiger charge is 2.30. The van der Waals surface area contributed by atoms with E-state index in [1.165, 1.54) is 0 Å². The van der Waals surface area contributed by atoms with Crippen molar-refractivity contribution in [2.75, 3.05) is 0 Å². The maximum atomic E-state index is 10.7. The Labute approximate surface area is 123 Å². The number of aromatic nitrogens is 1. The van der Waals surface area contributed by atoms with Gasteiger partial charge in [0.15, 0.2) is 0 Å². The van der Waals surface area contributed by atoms with Gasteiger partial charge in [0.1, 0.15) is 4.75 Å². The van der Waals surface area contributed by atoms with Crippen LogP contribution in [-0.2, 0) is 9.54 Å². The van der Waals surface area contributed by atoms with E-state index in [-0.39, 0.29) is 0 Å². The molecule has 0 amide bonds. The SMILES string of the molecule is CC(S)(C(=O)O)c1ccccc1.Sc1ccccn1. The summed E-state index contributed by atoms with van der Waals surface area (Å²) in [5.74, 6) is -0.933. The van der Waals surface area contributed by atoms with Gasteiger partial charge in [-0.05, 0) is 24.6 Å². The summed E-state index contributed by atoms with van der Waals surface area (Å²) in [6.45, 7) is 1.56. The summed E-state index contributed by atoms with van der Waals surface area (Å²) in [5.41, 5.74) is 0.695. The van der Waals surface area contributed by atoms with E-state index in [2.05, 4.69) is 30.2 Å². The second-order valence-corrected chi connectivity index (χ2v) is 5.28. The number of thiol groups is 2. The molecule has 0 saturated carbocycles. The average Bonchev–Trinajstić information content (AvgIpc) is 2.41. The number of carboxylic acids is 1. The molecule has 5 heteroatoms. The van der Waals surface area contributed by atoms with Crippen LogP contribution >= 0.6 is 25.3 Å². The van der Waals surface area contributed by atoms with Crippen molar-refractivity contribution in [3.63, 3.8) is 0 Å². The van der Waals surface area contributed by atoms with Gasteiger partial charge in [0.25, 0.3) is 0 Å². The maximum Gasteiger partial charge on any atom is 0.323 e. The lowest BCUT2D eigenvalue weighted by molar-refractivity contribution is -0.139. The monoisotopic (exact) mass is 293 g/mol. The number of aliphatic carboxylic acids is 1. The van der Waals surface area contributed by atoms with E-state index in [0.29, 0.717) is 5.56 Å². The zero-order chi connectivity index (χ0) is 14.3. The molecule has 100 valence electrons. The van der Waals surface area contributed by atoms with Gasteiger partial charge in [0.2, 0.25) is 0 Å². The van der Waals surface area contributed by atoms with Crippen molar-refractivity contribution in [2.45, 2.75) is 16.7 Å². The molecular formula is C14H15NO2S2. The van der Waals surface area contributed by atoms with E-state index in [0.717, 1.165) is 5.03 Å². The predicted molar refractivity (Wildman–Crippen MR) is 81.9 cm³/mol. The molecule has 0 spiro atoms. The summed E-state index contributed by atoms with van der Waals surface area (Å²) in [6, 6.07) is 14.5. The van der Waals surface area contributed by atoms with Gasteiger partial charge in [-0.2, -0.15) is 12.6 Å². The summed E-state index contributed by atoms with van der Waals surface area (Å²) in [6.07, 6.45) is 1.71. The van der Waals surface area contributed by atoms with Crippen LogP contribution in [0.4, 0.5) is 0 Å². The van der Waals surface area contributed by atoms with Crippen molar-refractivity contribution >= 4 is 31.2 Å². The molecule has 0 fully saturated rings. The fourth-order valence-corrected chi connectivity index (χ4v) is 1.54. The summed E-state index contributed by atoms with van der Waals surface area (Å²) < 4.78 is -1.10. The highest BCUT2D eigenvalue weighted by atomic mass is 32.1. The highest BCUT2D eigenvalue weighted by molar-refractivity contribution is 7.82. The minimum atomic E-state index is -1.10. The van der Waals surface area contributed by atoms with Crippen LogP contribution in [0.2, 0.25) is 0 Å². The fraction of sp³-hybridized carbons (Fsp3) is 0.143. The van der Waals surface area contributed by atoms with E-state index in [9.17, 15) is 4.79 Å². The maximum absolute atomic E-state index is 10.7. The first kappa shape index (κ1) is 15.6. The lowest BCUT2D eigenvalue weighted by Crippen LogP contribution is -2.25. The van der Waals surface area contributed by atoms with Gasteiger partial charge < -0.3 is 5.11 Å². The summed E-state index contributed by atoms with van der Waals surface area (Å²) >= 11 is 8.04. The molecule has 1 unspecified atom stereocenters. The molecular weight excluding hydrogens is 278 g/mol. The molecule has 0 aliphatic carbocycles. The van der Waals surface area contributed by atoms with Crippen molar-refractivity contribution in [1.29, 1.82) is 0 Å². The first-order chi connectivity index (χ1) is 8.94. The minimum Gasteiger partial charge on any atom is -0.480 e. The molecule has 0 aliphatic rings. The van der Waals surface area contributed by atoms with Crippen molar-refractivity contribution < 1.29 is 9.90 Å². The molecule has 19 heavy (non-hydrogen) atoms. The van der Waals surface area contributed by atoms with E-state index in [1.807, 2.05) is 24.3 Å². The van der Waals surface area contributed by atoms with Gasteiger partial charge in [0.05, 0.1) is 5.03 Å². The van der Waals surface area contributed by atoms with Crippen LogP contribution in [0.5, 0.6) is 0 Å². The topological polar surface area (TPSA) is 50.2 Å². The van der Waals surface area contributed by atoms with Crippen LogP contribution < -0.4 is 0 Å². The third-order valence-corrected chi connectivity index (χ3v) is 3.12. The van der Waals surface area contributed by atoms with Gasteiger partial charge in [-0.15, -0.1) is 12.6 Å². The number of hydrogen-bond acceptors (Lipinski definition) is 4. The lowest BCUT2D eigenvalue weighted by Gasteiger charge is -2.17. The fourth-order valence-electron chi connectivity index (χ4n) is 1.24. The molecule has 1 N–H and O–H groups in total. The van der Waals surface area contributed by atoms with Crippen LogP contribution in [0.1, 0.15) is 12.5 Å². The number of rotatable bonds is 2. The molecule has 1 atom stereocenters. The third kappa shape index (κ3) is 4.96. The largest absolute Gasteiger partial charge is 0.480 e. The molecule has 0 aliphatic heterocycles. The van der Waals surface area contributed by atoms with Gasteiger partial charge in [-0.1, -0.05) is 36.4 Å². The van der Waals surface area contributed by atoms with E-state index in [4.69, 9.17) is 5.11 Å². The lowest BCUT2D eigenvalue weighted by atomic mass is 10.0. The van der Waals surface area contributed by atoms with Crippen molar-refractivity contribution in [3.05, 3.63) is 60.3 Å². The van der Waals surface area contributed by atoms with Gasteiger partial charge >= 0.3 is 5.97 Å². The molecule has 0 radical (unpaired) electrons. The number of hydrogen-bond donors (Lipinski definition) is 3. The number of benzene rings is 1. The van der Waals surface area contributed by atoms with Crippen LogP contribution in [0, 0.1) is 0 Å². The van der Waals surface area contributed by atoms with E-state index < -0.39 is 10.7 Å². The average molecular weight is 293 g/mol. The number of carboxylic acid groups (broad SMARTS) is 1. The van der Waals surface area contributed by atoms with Crippen molar-refractivity contribution in [1.82, 2.24) is 4.98 Å². The normalized spacial score (nSPS) is 12.8. The van der Waals surface area contributed by atoms with Crippen molar-refractivity contribution in [2.24, 2.45) is 0 Å². The molecule has 2 rings (SSSR count). The smallest absolute Gasteiger partial charge is 0.323 e. The summed E-state index contributed by atoms with van der Waals surface area (Å²) in [7, 11) is 0. The standard InChI is InChI=1S/C9H10O2S.C5H5NS/c1-9(12,8(10)11)7-5-3-2-4-6-7;7-5-3-1-2-4-6-5/h2-6,12H,1H3,(H,10,11);1-4H,(H,6,7). The molecule has 1 aromatic heterocycles. The molecule has 0 saturated heterocycles. The summed E-state index contributed by atoms with van der Waals surface area (Å²) in [4.78, 5) is 14.6. The zero-order valence-corrected chi connectivity index (χ0v) is 12.2. The Morgan fingerprint density at radius 1 is 1.16 bits per heavy atom. The number of pyridine rings is 1. The molecule has 0 bridgehead atoms. The van der Waals surface area contributed by atoms with Crippen LogP contribution in [0.3, 0.4) is 0 Å². The molecule has 1 aromatic carbocycles. The number of carbonyl (C=O) groups is 1. The molecule has 3 nitrogen and oxygen atoms in total. The Morgan fingerprint density at radius 2 is 1.74 bits per heavy atom. The zero-order valence-electron chi connectivity index (χ0n) is 10.4. The van der Waals surface area contributed by atoms with Crippen LogP contribution in [-0.4, -0.2) is 16.1 Å². The quantitative estimate of drug-likeness (QED) is 0.745. The van der Waals surface area contributed by atoms with Gasteiger partial charge in [-0.3, -0.25) is 9.78 Å². The van der Waals surface area contributed by atoms with Crippen molar-refractivity contribution in [3.8, 4) is 0 Å². The Balaban J connectivity index is 0.000000218. The van der Waals surface area contributed by atoms with E-state index >= 15 is 0 Å². The first-order valence-electron chi connectivity index (χ1n) is 5.56. The predicted octanol–water partition coefficient (Wildman–Crippen LogP) is 3.29.